The summed E-state index contributed by atoms with van der Waals surface area (Å²) >= 11 is 0. The van der Waals surface area contributed by atoms with Crippen LogP contribution in [0.15, 0.2) is 24.3 Å². The van der Waals surface area contributed by atoms with E-state index in [2.05, 4.69) is 43.5 Å². The minimum absolute atomic E-state index is 0.0741. The Labute approximate surface area is 404 Å². The van der Waals surface area contributed by atoms with E-state index in [1.165, 1.54) is 199 Å². The predicted octanol–water partition coefficient (Wildman–Crippen LogP) is 16.8. The summed E-state index contributed by atoms with van der Waals surface area (Å²) < 4.78 is 23.8. The van der Waals surface area contributed by atoms with Gasteiger partial charge < -0.3 is 19.8 Å². The number of nitrogens with zero attached hydrogens (tertiary/aromatic N) is 1. The van der Waals surface area contributed by atoms with E-state index in [9.17, 15) is 19.4 Å². The number of unbranched alkanes of at least 4 members (excludes halogenated alkanes) is 35. The quantitative estimate of drug-likeness (QED) is 0.0243. The van der Waals surface area contributed by atoms with Crippen LogP contribution in [-0.2, 0) is 18.4 Å². The van der Waals surface area contributed by atoms with E-state index in [0.29, 0.717) is 23.9 Å². The Morgan fingerprint density at radius 2 is 0.877 bits per heavy atom. The SMILES string of the molecule is CCCCCC/C=C\C/C=C\CCCCCCCCCC(=O)NC(COP(=O)(O)OCC[N+](C)(C)C)C(O)CCCCCCCCCCCCCCCCCCCCCCCCCCC. The summed E-state index contributed by atoms with van der Waals surface area (Å²) in [6.45, 7) is 4.90. The number of aliphatic hydroxyl groups excluding tert-OH is 1. The van der Waals surface area contributed by atoms with Crippen molar-refractivity contribution in [3.8, 4) is 0 Å². The first-order valence-corrected chi connectivity index (χ1v) is 29.7. The summed E-state index contributed by atoms with van der Waals surface area (Å²) in [7, 11) is 1.62. The first-order valence-electron chi connectivity index (χ1n) is 28.2. The maximum Gasteiger partial charge on any atom is 0.472 e. The molecule has 0 aromatic carbocycles. The topological polar surface area (TPSA) is 105 Å². The van der Waals surface area contributed by atoms with Crippen molar-refractivity contribution < 1.29 is 32.9 Å². The number of rotatable bonds is 52. The van der Waals surface area contributed by atoms with Gasteiger partial charge in [0.1, 0.15) is 13.2 Å². The molecule has 3 N–H and O–H groups in total. The highest BCUT2D eigenvalue weighted by molar-refractivity contribution is 7.47. The molecule has 3 atom stereocenters. The Bertz CT molecular complexity index is 1110. The van der Waals surface area contributed by atoms with Crippen molar-refractivity contribution in [2.45, 2.75) is 289 Å². The third-order valence-corrected chi connectivity index (χ3v) is 13.9. The van der Waals surface area contributed by atoms with Gasteiger partial charge in [-0.15, -0.1) is 0 Å². The third kappa shape index (κ3) is 50.7. The van der Waals surface area contributed by atoms with Gasteiger partial charge in [0.2, 0.25) is 5.91 Å². The minimum Gasteiger partial charge on any atom is -0.391 e. The molecule has 386 valence electrons. The number of phosphoric ester groups is 1. The second-order valence-corrected chi connectivity index (χ2v) is 22.1. The normalized spacial score (nSPS) is 14.1. The van der Waals surface area contributed by atoms with Crippen molar-refractivity contribution in [1.82, 2.24) is 5.32 Å². The molecule has 3 unspecified atom stereocenters. The Balaban J connectivity index is 4.16. The molecule has 0 aliphatic carbocycles. The van der Waals surface area contributed by atoms with Gasteiger partial charge in [0.05, 0.1) is 39.9 Å². The van der Waals surface area contributed by atoms with Gasteiger partial charge in [-0.3, -0.25) is 13.8 Å². The number of carbonyl (C=O) groups excluding carboxylic acids is 1. The average Bonchev–Trinajstić information content (AvgIpc) is 3.26. The van der Waals surface area contributed by atoms with Gasteiger partial charge in [0, 0.05) is 6.42 Å². The zero-order valence-corrected chi connectivity index (χ0v) is 44.9. The van der Waals surface area contributed by atoms with Crippen molar-refractivity contribution in [2.75, 3.05) is 40.9 Å². The largest absolute Gasteiger partial charge is 0.472 e. The number of likely N-dealkylation sites (N-methyl/N-ethyl adjacent to an activating group) is 1. The molecule has 0 aromatic heterocycles. The number of quaternary nitrogens is 1. The zero-order chi connectivity index (χ0) is 47.8. The van der Waals surface area contributed by atoms with Gasteiger partial charge in [-0.05, 0) is 44.9 Å². The zero-order valence-electron chi connectivity index (χ0n) is 44.0. The maximum absolute atomic E-state index is 13.0. The standard InChI is InChI=1S/C56H111N2O6P/c1-6-8-10-12-14-16-18-20-22-24-26-27-28-29-30-31-32-33-35-37-39-41-43-45-47-49-55(59)54(53-64-65(61,62)63-52-51-58(3,4)5)57-56(60)50-48-46-44-42-40-38-36-34-25-23-21-19-17-15-13-11-9-7-2/h17,19,23,25,54-55,59H,6-16,18,20-22,24,26-53H2,1-5H3,(H-,57,60,61,62)/p+1/b19-17-,25-23-. The number of phosphoric acid groups is 1. The summed E-state index contributed by atoms with van der Waals surface area (Å²) in [5, 5.41) is 14.1. The summed E-state index contributed by atoms with van der Waals surface area (Å²) in [4.78, 5) is 23.3. The molecule has 0 spiro atoms. The first-order chi connectivity index (χ1) is 31.5. The monoisotopic (exact) mass is 940 g/mol. The molecule has 1 amide bonds. The van der Waals surface area contributed by atoms with Gasteiger partial charge in [0.15, 0.2) is 0 Å². The van der Waals surface area contributed by atoms with Crippen LogP contribution in [0.25, 0.3) is 0 Å². The van der Waals surface area contributed by atoms with E-state index >= 15 is 0 Å². The fourth-order valence-electron chi connectivity index (χ4n) is 8.49. The number of allylic oxidation sites excluding steroid dienone is 4. The minimum atomic E-state index is -4.32. The number of amides is 1. The average molecular weight is 940 g/mol. The molecule has 0 fully saturated rings. The molecule has 0 saturated carbocycles. The van der Waals surface area contributed by atoms with Crippen LogP contribution in [0.5, 0.6) is 0 Å². The molecule has 0 aromatic rings. The molecular weight excluding hydrogens is 828 g/mol. The van der Waals surface area contributed by atoms with Gasteiger partial charge >= 0.3 is 7.82 Å². The number of nitrogens with one attached hydrogen (secondary N) is 1. The Kier molecular flexibility index (Phi) is 47.3. The number of carbonyl (C=O) groups is 1. The Morgan fingerprint density at radius 1 is 0.523 bits per heavy atom. The van der Waals surface area contributed by atoms with Gasteiger partial charge in [0.25, 0.3) is 0 Å². The summed E-state index contributed by atoms with van der Waals surface area (Å²) in [6.07, 6.45) is 59.4. The first kappa shape index (κ1) is 64.0. The van der Waals surface area contributed by atoms with Crippen LogP contribution in [0.1, 0.15) is 277 Å². The van der Waals surface area contributed by atoms with Gasteiger partial charge in [-0.2, -0.15) is 0 Å². The van der Waals surface area contributed by atoms with Crippen LogP contribution in [0.2, 0.25) is 0 Å². The highest BCUT2D eigenvalue weighted by Gasteiger charge is 2.28. The Hall–Kier alpha value is -1.02. The van der Waals surface area contributed by atoms with Crippen LogP contribution in [-0.4, -0.2) is 73.4 Å². The number of hydrogen-bond donors (Lipinski definition) is 3. The molecule has 9 heteroatoms. The smallest absolute Gasteiger partial charge is 0.391 e. The molecule has 0 rings (SSSR count). The summed E-state index contributed by atoms with van der Waals surface area (Å²) in [6, 6.07) is -0.764. The lowest BCUT2D eigenvalue weighted by atomic mass is 10.0. The van der Waals surface area contributed by atoms with Crippen LogP contribution in [0.3, 0.4) is 0 Å². The third-order valence-electron chi connectivity index (χ3n) is 13.0. The van der Waals surface area contributed by atoms with Crippen molar-refractivity contribution in [2.24, 2.45) is 0 Å². The van der Waals surface area contributed by atoms with Crippen molar-refractivity contribution in [3.63, 3.8) is 0 Å². The van der Waals surface area contributed by atoms with Gasteiger partial charge in [-0.25, -0.2) is 4.57 Å². The number of hydrogen-bond acceptors (Lipinski definition) is 5. The molecule has 0 saturated heterocycles. The fourth-order valence-corrected chi connectivity index (χ4v) is 9.23. The van der Waals surface area contributed by atoms with Crippen LogP contribution in [0.4, 0.5) is 0 Å². The van der Waals surface area contributed by atoms with Crippen molar-refractivity contribution >= 4 is 13.7 Å². The lowest BCUT2D eigenvalue weighted by Crippen LogP contribution is -2.46. The second-order valence-electron chi connectivity index (χ2n) is 20.7. The maximum atomic E-state index is 13.0. The van der Waals surface area contributed by atoms with Crippen molar-refractivity contribution in [1.29, 1.82) is 0 Å². The van der Waals surface area contributed by atoms with Crippen molar-refractivity contribution in [3.05, 3.63) is 24.3 Å². The van der Waals surface area contributed by atoms with E-state index in [0.717, 1.165) is 51.4 Å². The molecule has 0 bridgehead atoms. The van der Waals surface area contributed by atoms with Gasteiger partial charge in [-0.1, -0.05) is 250 Å². The van der Waals surface area contributed by atoms with E-state index in [-0.39, 0.29) is 19.1 Å². The molecule has 0 aliphatic rings. The molecular formula is C56H112N2O6P+. The van der Waals surface area contributed by atoms with E-state index in [1.807, 2.05) is 21.1 Å². The summed E-state index contributed by atoms with van der Waals surface area (Å²) in [5.41, 5.74) is 0. The summed E-state index contributed by atoms with van der Waals surface area (Å²) in [5.74, 6) is -0.149. The van der Waals surface area contributed by atoms with Crippen LogP contribution in [0, 0.1) is 0 Å². The number of aliphatic hydroxyl groups is 1. The highest BCUT2D eigenvalue weighted by Crippen LogP contribution is 2.43. The predicted molar refractivity (Wildman–Crippen MR) is 281 cm³/mol. The Morgan fingerprint density at radius 3 is 1.28 bits per heavy atom. The lowest BCUT2D eigenvalue weighted by Gasteiger charge is -2.26. The van der Waals surface area contributed by atoms with E-state index in [1.54, 1.807) is 0 Å². The van der Waals surface area contributed by atoms with Crippen LogP contribution < -0.4 is 5.32 Å². The highest BCUT2D eigenvalue weighted by atomic mass is 31.2. The van der Waals surface area contributed by atoms with E-state index in [4.69, 9.17) is 9.05 Å². The molecule has 0 heterocycles. The fraction of sp³-hybridized carbons (Fsp3) is 0.911. The molecule has 0 aliphatic heterocycles. The second kappa shape index (κ2) is 48.0. The van der Waals surface area contributed by atoms with Crippen LogP contribution >= 0.6 is 7.82 Å². The molecule has 65 heavy (non-hydrogen) atoms. The molecule has 0 radical (unpaired) electrons. The lowest BCUT2D eigenvalue weighted by molar-refractivity contribution is -0.870. The van der Waals surface area contributed by atoms with E-state index < -0.39 is 20.0 Å². The molecule has 8 nitrogen and oxygen atoms in total.